The van der Waals surface area contributed by atoms with E-state index in [2.05, 4.69) is 0 Å². The van der Waals surface area contributed by atoms with Crippen molar-refractivity contribution in [3.63, 3.8) is 0 Å². The van der Waals surface area contributed by atoms with Crippen molar-refractivity contribution in [1.29, 1.82) is 0 Å². The summed E-state index contributed by atoms with van der Waals surface area (Å²) in [6.45, 7) is 0. The first-order chi connectivity index (χ1) is 13.5. The fourth-order valence-electron chi connectivity index (χ4n) is 2.45. The maximum absolute atomic E-state index is 14.0. The molecule has 0 aliphatic carbocycles. The van der Waals surface area contributed by atoms with Gasteiger partial charge in [-0.3, -0.25) is 0 Å². The van der Waals surface area contributed by atoms with Crippen LogP contribution < -0.4 is 0 Å². The number of hydrogen-bond acceptors (Lipinski definition) is 0. The number of benzene rings is 2. The average molecular weight is 454 g/mol. The molecule has 0 nitrogen and oxygen atoms in total. The molecule has 2 aromatic carbocycles. The summed E-state index contributed by atoms with van der Waals surface area (Å²) in [4.78, 5) is 0. The van der Waals surface area contributed by atoms with Gasteiger partial charge in [0.15, 0.2) is 0 Å². The lowest BCUT2D eigenvalue weighted by Crippen LogP contribution is -2.69. The van der Waals surface area contributed by atoms with E-state index >= 15 is 0 Å². The van der Waals surface area contributed by atoms with Gasteiger partial charge < -0.3 is 0 Å². The van der Waals surface area contributed by atoms with E-state index in [9.17, 15) is 52.7 Å². The van der Waals surface area contributed by atoms with Crippen LogP contribution in [0.2, 0.25) is 0 Å². The summed E-state index contributed by atoms with van der Waals surface area (Å²) in [6, 6.07) is 5.22. The monoisotopic (exact) mass is 454 g/mol. The predicted molar refractivity (Wildman–Crippen MR) is 80.5 cm³/mol. The van der Waals surface area contributed by atoms with E-state index in [0.717, 1.165) is 12.1 Å². The Balaban J connectivity index is 2.60. The molecule has 2 rings (SSSR count). The Kier molecular flexibility index (Phi) is 5.64. The second-order valence-electron chi connectivity index (χ2n) is 6.18. The van der Waals surface area contributed by atoms with Gasteiger partial charge in [0.25, 0.3) is 0 Å². The van der Waals surface area contributed by atoms with E-state index in [-0.39, 0.29) is 24.3 Å². The molecule has 0 aromatic heterocycles. The maximum Gasteiger partial charge on any atom is 0.385 e. The van der Waals surface area contributed by atoms with Crippen LogP contribution in [0.5, 0.6) is 0 Å². The van der Waals surface area contributed by atoms with E-state index < -0.39 is 46.7 Å². The minimum absolute atomic E-state index is 0.152. The highest BCUT2D eigenvalue weighted by molar-refractivity contribution is 5.28. The first kappa shape index (κ1) is 23.9. The standard InChI is InChI=1S/C18H10F12/c19-13(20,11-7-3-1-4-8-11)15(23,24)17(27,28)18(29,30)16(25,26)14(21,22)12-9-5-2-6-10-12/h1-10H. The molecule has 0 amide bonds. The normalized spacial score (nSPS) is 14.7. The minimum atomic E-state index is -7.60. The molecule has 30 heavy (non-hydrogen) atoms. The molecule has 0 saturated heterocycles. The van der Waals surface area contributed by atoms with Crippen molar-refractivity contribution in [3.8, 4) is 0 Å². The number of halogens is 12. The molecule has 0 heterocycles. The molecule has 0 spiro atoms. The summed E-state index contributed by atoms with van der Waals surface area (Å²) in [6.07, 6.45) is 0. The first-order valence-corrected chi connectivity index (χ1v) is 7.84. The van der Waals surface area contributed by atoms with Crippen molar-refractivity contribution < 1.29 is 52.7 Å². The molecule has 0 radical (unpaired) electrons. The second kappa shape index (κ2) is 7.09. The molecule has 166 valence electrons. The summed E-state index contributed by atoms with van der Waals surface area (Å²) < 4.78 is 167. The summed E-state index contributed by atoms with van der Waals surface area (Å²) in [5.74, 6) is -41.8. The molecule has 0 atom stereocenters. The Labute approximate surface area is 161 Å². The van der Waals surface area contributed by atoms with Crippen molar-refractivity contribution in [1.82, 2.24) is 0 Å². The summed E-state index contributed by atoms with van der Waals surface area (Å²) >= 11 is 0. The van der Waals surface area contributed by atoms with Crippen molar-refractivity contribution in [3.05, 3.63) is 71.8 Å². The average Bonchev–Trinajstić information content (AvgIpc) is 2.68. The minimum Gasteiger partial charge on any atom is -0.194 e. The van der Waals surface area contributed by atoms with Crippen LogP contribution in [0, 0.1) is 0 Å². The lowest BCUT2D eigenvalue weighted by molar-refractivity contribution is -0.429. The SMILES string of the molecule is FC(F)(c1ccccc1)C(F)(F)C(F)(F)C(F)(F)C(F)(F)C(F)(F)c1ccccc1. The van der Waals surface area contributed by atoms with Crippen molar-refractivity contribution in [2.24, 2.45) is 0 Å². The van der Waals surface area contributed by atoms with Gasteiger partial charge in [-0.05, 0) is 0 Å². The maximum atomic E-state index is 14.0. The lowest BCUT2D eigenvalue weighted by Gasteiger charge is -2.41. The van der Waals surface area contributed by atoms with Crippen LogP contribution in [0.3, 0.4) is 0 Å². The quantitative estimate of drug-likeness (QED) is 0.391. The van der Waals surface area contributed by atoms with Crippen molar-refractivity contribution in [2.75, 3.05) is 0 Å². The smallest absolute Gasteiger partial charge is 0.194 e. The zero-order valence-corrected chi connectivity index (χ0v) is 14.3. The molecule has 0 bridgehead atoms. The molecule has 0 N–H and O–H groups in total. The van der Waals surface area contributed by atoms with E-state index in [4.69, 9.17) is 0 Å². The van der Waals surface area contributed by atoms with E-state index in [1.807, 2.05) is 0 Å². The topological polar surface area (TPSA) is 0 Å². The molecule has 0 aliphatic rings. The Morgan fingerprint density at radius 2 is 0.567 bits per heavy atom. The van der Waals surface area contributed by atoms with Crippen molar-refractivity contribution in [2.45, 2.75) is 35.5 Å². The van der Waals surface area contributed by atoms with Crippen molar-refractivity contribution >= 4 is 0 Å². The van der Waals surface area contributed by atoms with E-state index in [1.165, 1.54) is 0 Å². The van der Waals surface area contributed by atoms with Crippen LogP contribution in [0.4, 0.5) is 52.7 Å². The van der Waals surface area contributed by atoms with E-state index in [0.29, 0.717) is 24.3 Å². The molecule has 2 aromatic rings. The Bertz CT molecular complexity index is 786. The fourth-order valence-corrected chi connectivity index (χ4v) is 2.45. The van der Waals surface area contributed by atoms with Gasteiger partial charge in [0.05, 0.1) is 0 Å². The first-order valence-electron chi connectivity index (χ1n) is 7.84. The molecular formula is C18H10F12. The molecule has 0 fully saturated rings. The zero-order chi connectivity index (χ0) is 23.2. The van der Waals surface area contributed by atoms with Gasteiger partial charge >= 0.3 is 35.5 Å². The van der Waals surface area contributed by atoms with Crippen LogP contribution >= 0.6 is 0 Å². The van der Waals surface area contributed by atoms with Crippen LogP contribution in [-0.4, -0.2) is 23.7 Å². The third kappa shape index (κ3) is 3.11. The summed E-state index contributed by atoms with van der Waals surface area (Å²) in [5, 5.41) is 0. The van der Waals surface area contributed by atoms with Gasteiger partial charge in [0.1, 0.15) is 0 Å². The highest BCUT2D eigenvalue weighted by atomic mass is 19.4. The van der Waals surface area contributed by atoms with Crippen LogP contribution in [0.25, 0.3) is 0 Å². The highest BCUT2D eigenvalue weighted by Crippen LogP contribution is 2.63. The number of hydrogen-bond donors (Lipinski definition) is 0. The summed E-state index contributed by atoms with van der Waals surface area (Å²) in [7, 11) is 0. The van der Waals surface area contributed by atoms with E-state index in [1.54, 1.807) is 0 Å². The van der Waals surface area contributed by atoms with Crippen LogP contribution in [0.1, 0.15) is 11.1 Å². The molecular weight excluding hydrogens is 444 g/mol. The summed E-state index contributed by atoms with van der Waals surface area (Å²) in [5.41, 5.74) is -3.83. The van der Waals surface area contributed by atoms with Gasteiger partial charge in [0.2, 0.25) is 0 Å². The molecule has 0 aliphatic heterocycles. The fraction of sp³-hybridized carbons (Fsp3) is 0.333. The number of rotatable bonds is 7. The van der Waals surface area contributed by atoms with Gasteiger partial charge in [-0.2, -0.15) is 52.7 Å². The number of alkyl halides is 12. The zero-order valence-electron chi connectivity index (χ0n) is 14.3. The third-order valence-electron chi connectivity index (χ3n) is 4.24. The van der Waals surface area contributed by atoms with Gasteiger partial charge in [0, 0.05) is 11.1 Å². The predicted octanol–water partition coefficient (Wildman–Crippen LogP) is 7.11. The largest absolute Gasteiger partial charge is 0.385 e. The molecule has 0 unspecified atom stereocenters. The Morgan fingerprint density at radius 1 is 0.333 bits per heavy atom. The second-order valence-corrected chi connectivity index (χ2v) is 6.18. The molecule has 0 saturated carbocycles. The Morgan fingerprint density at radius 3 is 0.800 bits per heavy atom. The lowest BCUT2D eigenvalue weighted by atomic mass is 9.87. The third-order valence-corrected chi connectivity index (χ3v) is 4.24. The Hall–Kier alpha value is -2.40. The highest BCUT2D eigenvalue weighted by Gasteiger charge is 2.90. The molecule has 12 heteroatoms. The van der Waals surface area contributed by atoms with Gasteiger partial charge in [-0.1, -0.05) is 60.7 Å². The van der Waals surface area contributed by atoms with Crippen LogP contribution in [0.15, 0.2) is 60.7 Å². The van der Waals surface area contributed by atoms with Gasteiger partial charge in [-0.25, -0.2) is 0 Å². The van der Waals surface area contributed by atoms with Crippen LogP contribution in [-0.2, 0) is 11.8 Å². The van der Waals surface area contributed by atoms with Gasteiger partial charge in [-0.15, -0.1) is 0 Å².